The fourth-order valence-corrected chi connectivity index (χ4v) is 1.77. The van der Waals surface area contributed by atoms with Gasteiger partial charge in [-0.3, -0.25) is 4.79 Å². The summed E-state index contributed by atoms with van der Waals surface area (Å²) in [6.45, 7) is 2.09. The third-order valence-corrected chi connectivity index (χ3v) is 2.75. The van der Waals surface area contributed by atoms with E-state index in [-0.39, 0.29) is 12.5 Å². The summed E-state index contributed by atoms with van der Waals surface area (Å²) >= 11 is 0. The number of carbonyl (C=O) groups excluding carboxylic acids is 1. The van der Waals surface area contributed by atoms with Crippen LogP contribution in [0.3, 0.4) is 0 Å². The van der Waals surface area contributed by atoms with Gasteiger partial charge < -0.3 is 14.8 Å². The number of rotatable bonds is 3. The number of carbonyl (C=O) groups is 1. The van der Waals surface area contributed by atoms with Crippen molar-refractivity contribution in [1.82, 2.24) is 5.32 Å². The van der Waals surface area contributed by atoms with Crippen LogP contribution in [0.25, 0.3) is 0 Å². The maximum atomic E-state index is 12.2. The van der Waals surface area contributed by atoms with Crippen LogP contribution in [0, 0.1) is 18.8 Å². The topological polar surface area (TPSA) is 62.5 Å². The molecule has 2 rings (SSSR count). The molecule has 0 atom stereocenters. The van der Waals surface area contributed by atoms with E-state index in [1.807, 2.05) is 19.1 Å². The van der Waals surface area contributed by atoms with Crippen molar-refractivity contribution in [2.45, 2.75) is 13.5 Å². The monoisotopic (exact) mass is 269 g/mol. The number of hydrogen-bond donors (Lipinski definition) is 2. The molecule has 0 aliphatic heterocycles. The molecule has 102 valence electrons. The Hall–Kier alpha value is -2.51. The molecule has 0 aliphatic carbocycles. The molecule has 1 aromatic heterocycles. The number of hydrogen-bond acceptors (Lipinski definition) is 3. The smallest absolute Gasteiger partial charge is 0.252 e. The Balaban J connectivity index is 2.16. The third-order valence-electron chi connectivity index (χ3n) is 2.75. The Bertz CT molecular complexity index is 648. The molecule has 0 radical (unpaired) electrons. The minimum absolute atomic E-state index is 0.201. The van der Waals surface area contributed by atoms with Gasteiger partial charge in [0.1, 0.15) is 6.61 Å². The molecule has 0 aliphatic rings. The van der Waals surface area contributed by atoms with E-state index in [1.165, 1.54) is 0 Å². The Labute approximate surface area is 117 Å². The summed E-state index contributed by atoms with van der Waals surface area (Å²) in [7, 11) is 0. The highest BCUT2D eigenvalue weighted by Crippen LogP contribution is 2.11. The normalized spacial score (nSPS) is 9.70. The summed E-state index contributed by atoms with van der Waals surface area (Å²) in [5, 5.41) is 11.6. The van der Waals surface area contributed by atoms with E-state index in [2.05, 4.69) is 17.2 Å². The van der Waals surface area contributed by atoms with Crippen molar-refractivity contribution in [2.75, 3.05) is 6.61 Å². The molecule has 0 saturated heterocycles. The number of furan rings is 1. The summed E-state index contributed by atoms with van der Waals surface area (Å²) in [6, 6.07) is 7.22. The number of aliphatic hydroxyl groups excluding tert-OH is 1. The van der Waals surface area contributed by atoms with Gasteiger partial charge >= 0.3 is 0 Å². The predicted octanol–water partition coefficient (Wildman–Crippen LogP) is 1.86. The Morgan fingerprint density at radius 3 is 2.95 bits per heavy atom. The largest absolute Gasteiger partial charge is 0.472 e. The first-order valence-corrected chi connectivity index (χ1v) is 6.20. The molecule has 1 heterocycles. The van der Waals surface area contributed by atoms with Crippen LogP contribution in [0.4, 0.5) is 0 Å². The number of aryl methyl sites for hydroxylation is 1. The molecule has 0 fully saturated rings. The number of nitrogens with one attached hydrogen (secondary N) is 1. The first kappa shape index (κ1) is 13.9. The van der Waals surface area contributed by atoms with Crippen LogP contribution in [0.2, 0.25) is 0 Å². The molecule has 0 spiro atoms. The first-order valence-electron chi connectivity index (χ1n) is 6.20. The van der Waals surface area contributed by atoms with Gasteiger partial charge in [0.15, 0.2) is 0 Å². The zero-order valence-corrected chi connectivity index (χ0v) is 11.1. The lowest BCUT2D eigenvalue weighted by molar-refractivity contribution is 0.0950. The van der Waals surface area contributed by atoms with Gasteiger partial charge in [-0.15, -0.1) is 0 Å². The molecule has 2 aromatic rings. The van der Waals surface area contributed by atoms with Crippen LogP contribution >= 0.6 is 0 Å². The van der Waals surface area contributed by atoms with Crippen LogP contribution < -0.4 is 5.32 Å². The zero-order chi connectivity index (χ0) is 14.4. The first-order chi connectivity index (χ1) is 9.70. The lowest BCUT2D eigenvalue weighted by Gasteiger charge is -2.07. The van der Waals surface area contributed by atoms with E-state index in [4.69, 9.17) is 9.52 Å². The lowest BCUT2D eigenvalue weighted by atomic mass is 10.0. The van der Waals surface area contributed by atoms with Crippen molar-refractivity contribution < 1.29 is 14.3 Å². The maximum Gasteiger partial charge on any atom is 0.252 e. The second-order valence-corrected chi connectivity index (χ2v) is 4.32. The van der Waals surface area contributed by atoms with E-state index >= 15 is 0 Å². The van der Waals surface area contributed by atoms with Crippen LogP contribution in [-0.2, 0) is 6.54 Å². The molecule has 4 heteroatoms. The van der Waals surface area contributed by atoms with Gasteiger partial charge in [-0.25, -0.2) is 0 Å². The molecule has 20 heavy (non-hydrogen) atoms. The second kappa shape index (κ2) is 6.60. The molecular weight excluding hydrogens is 254 g/mol. The van der Waals surface area contributed by atoms with Crippen molar-refractivity contribution in [3.05, 3.63) is 59.0 Å². The van der Waals surface area contributed by atoms with Crippen molar-refractivity contribution >= 4 is 5.91 Å². The average Bonchev–Trinajstić information content (AvgIpc) is 2.96. The number of aliphatic hydroxyl groups is 1. The fourth-order valence-electron chi connectivity index (χ4n) is 1.77. The Morgan fingerprint density at radius 1 is 1.40 bits per heavy atom. The molecule has 4 nitrogen and oxygen atoms in total. The minimum Gasteiger partial charge on any atom is -0.472 e. The molecule has 0 saturated carbocycles. The van der Waals surface area contributed by atoms with Crippen LogP contribution in [-0.4, -0.2) is 17.6 Å². The molecule has 2 N–H and O–H groups in total. The summed E-state index contributed by atoms with van der Waals surface area (Å²) in [5.41, 5.74) is 3.02. The third kappa shape index (κ3) is 3.50. The van der Waals surface area contributed by atoms with Crippen molar-refractivity contribution in [1.29, 1.82) is 0 Å². The fraction of sp³-hybridized carbons (Fsp3) is 0.188. The standard InChI is InChI=1S/C16H15NO3/c1-12-4-5-15(14(9-12)3-2-7-18)16(19)17-10-13-6-8-20-11-13/h4-6,8-9,11,18H,7,10H2,1H3,(H,17,19). The summed E-state index contributed by atoms with van der Waals surface area (Å²) in [5.74, 6) is 5.17. The van der Waals surface area contributed by atoms with Gasteiger partial charge in [0, 0.05) is 17.7 Å². The summed E-state index contributed by atoms with van der Waals surface area (Å²) in [6.07, 6.45) is 3.15. The van der Waals surface area contributed by atoms with Crippen LogP contribution in [0.5, 0.6) is 0 Å². The predicted molar refractivity (Wildman–Crippen MR) is 75.0 cm³/mol. The zero-order valence-electron chi connectivity index (χ0n) is 11.1. The van der Waals surface area contributed by atoms with Gasteiger partial charge in [0.05, 0.1) is 18.1 Å². The maximum absolute atomic E-state index is 12.2. The van der Waals surface area contributed by atoms with Crippen molar-refractivity contribution in [3.8, 4) is 11.8 Å². The Kier molecular flexibility index (Phi) is 4.59. The average molecular weight is 269 g/mol. The van der Waals surface area contributed by atoms with E-state index in [0.717, 1.165) is 11.1 Å². The van der Waals surface area contributed by atoms with Gasteiger partial charge in [-0.1, -0.05) is 17.9 Å². The van der Waals surface area contributed by atoms with Gasteiger partial charge in [0.2, 0.25) is 0 Å². The quantitative estimate of drug-likeness (QED) is 0.836. The molecule has 1 aromatic carbocycles. The highest BCUT2D eigenvalue weighted by molar-refractivity contribution is 5.96. The van der Waals surface area contributed by atoms with Gasteiger partial charge in [-0.2, -0.15) is 0 Å². The van der Waals surface area contributed by atoms with E-state index in [0.29, 0.717) is 17.7 Å². The molecule has 1 amide bonds. The number of amides is 1. The van der Waals surface area contributed by atoms with Gasteiger partial charge in [0.25, 0.3) is 5.91 Å². The van der Waals surface area contributed by atoms with Crippen LogP contribution in [0.15, 0.2) is 41.2 Å². The van der Waals surface area contributed by atoms with Crippen LogP contribution in [0.1, 0.15) is 27.0 Å². The molecule has 0 bridgehead atoms. The van der Waals surface area contributed by atoms with E-state index in [1.54, 1.807) is 24.7 Å². The van der Waals surface area contributed by atoms with Crippen molar-refractivity contribution in [2.24, 2.45) is 0 Å². The Morgan fingerprint density at radius 2 is 2.25 bits per heavy atom. The lowest BCUT2D eigenvalue weighted by Crippen LogP contribution is -2.23. The molecular formula is C16H15NO3. The second-order valence-electron chi connectivity index (χ2n) is 4.32. The highest BCUT2D eigenvalue weighted by Gasteiger charge is 2.10. The molecule has 0 unspecified atom stereocenters. The summed E-state index contributed by atoms with van der Waals surface area (Å²) in [4.78, 5) is 12.2. The van der Waals surface area contributed by atoms with E-state index < -0.39 is 0 Å². The SMILES string of the molecule is Cc1ccc(C(=O)NCc2ccoc2)c(C#CCO)c1. The number of benzene rings is 1. The minimum atomic E-state index is -0.232. The van der Waals surface area contributed by atoms with Gasteiger partial charge in [-0.05, 0) is 30.7 Å². The summed E-state index contributed by atoms with van der Waals surface area (Å²) < 4.78 is 4.94. The van der Waals surface area contributed by atoms with Crippen molar-refractivity contribution in [3.63, 3.8) is 0 Å². The highest BCUT2D eigenvalue weighted by atomic mass is 16.3. The van der Waals surface area contributed by atoms with E-state index in [9.17, 15) is 4.79 Å².